The minimum absolute atomic E-state index is 0.112. The number of alkyl halides is 3. The van der Waals surface area contributed by atoms with Crippen LogP contribution in [0.25, 0.3) is 10.8 Å². The lowest BCUT2D eigenvalue weighted by Crippen LogP contribution is -2.36. The van der Waals surface area contributed by atoms with Crippen LogP contribution in [0.15, 0.2) is 71.6 Å². The molecule has 3 aromatic rings. The molecule has 0 unspecified atom stereocenters. The van der Waals surface area contributed by atoms with Gasteiger partial charge in [0.05, 0.1) is 23.5 Å². The quantitative estimate of drug-likeness (QED) is 0.555. The van der Waals surface area contributed by atoms with Gasteiger partial charge in [0.2, 0.25) is 11.8 Å². The van der Waals surface area contributed by atoms with Gasteiger partial charge in [-0.25, -0.2) is 0 Å². The molecule has 0 saturated carbocycles. The number of fused-ring (bicyclic) bond motifs is 1. The number of hydrogen-bond acceptors (Lipinski definition) is 3. The Labute approximate surface area is 176 Å². The number of rotatable bonds is 6. The summed E-state index contributed by atoms with van der Waals surface area (Å²) < 4.78 is 39.1. The second kappa shape index (κ2) is 9.21. The van der Waals surface area contributed by atoms with Crippen molar-refractivity contribution in [2.45, 2.75) is 11.1 Å². The van der Waals surface area contributed by atoms with E-state index in [4.69, 9.17) is 0 Å². The van der Waals surface area contributed by atoms with Gasteiger partial charge in [0.1, 0.15) is 0 Å². The molecule has 4 nitrogen and oxygen atoms in total. The predicted molar refractivity (Wildman–Crippen MR) is 112 cm³/mol. The monoisotopic (exact) mass is 432 g/mol. The van der Waals surface area contributed by atoms with Gasteiger partial charge in [-0.1, -0.05) is 42.5 Å². The Hall–Kier alpha value is -3.00. The molecule has 0 aliphatic rings. The third-order valence-corrected chi connectivity index (χ3v) is 5.37. The summed E-state index contributed by atoms with van der Waals surface area (Å²) in [7, 11) is 1.44. The van der Waals surface area contributed by atoms with Crippen molar-refractivity contribution in [1.82, 2.24) is 4.90 Å². The fourth-order valence-electron chi connectivity index (χ4n) is 2.85. The Morgan fingerprint density at radius 3 is 2.37 bits per heavy atom. The molecule has 1 N–H and O–H groups in total. The van der Waals surface area contributed by atoms with Crippen molar-refractivity contribution in [3.05, 3.63) is 72.3 Å². The number of anilines is 1. The first-order valence-corrected chi connectivity index (χ1v) is 10.0. The minimum Gasteiger partial charge on any atom is -0.336 e. The number of nitrogens with one attached hydrogen (secondary N) is 1. The lowest BCUT2D eigenvalue weighted by molar-refractivity contribution is -0.137. The zero-order valence-corrected chi connectivity index (χ0v) is 16.9. The molecule has 0 bridgehead atoms. The molecule has 0 aliphatic heterocycles. The molecule has 0 aliphatic carbocycles. The van der Waals surface area contributed by atoms with Crippen molar-refractivity contribution >= 4 is 40.0 Å². The molecule has 0 radical (unpaired) electrons. The summed E-state index contributed by atoms with van der Waals surface area (Å²) in [5.74, 6) is -0.882. The van der Waals surface area contributed by atoms with Crippen LogP contribution >= 0.6 is 11.8 Å². The van der Waals surface area contributed by atoms with Crippen molar-refractivity contribution in [2.75, 3.05) is 24.7 Å². The highest BCUT2D eigenvalue weighted by Crippen LogP contribution is 2.34. The zero-order chi connectivity index (χ0) is 21.7. The van der Waals surface area contributed by atoms with Crippen molar-refractivity contribution < 1.29 is 22.8 Å². The van der Waals surface area contributed by atoms with E-state index >= 15 is 0 Å². The molecular weight excluding hydrogens is 413 g/mol. The Bertz CT molecular complexity index is 1070. The number of benzene rings is 3. The number of halogens is 3. The minimum atomic E-state index is -4.58. The maximum atomic E-state index is 13.0. The first-order valence-electron chi connectivity index (χ1n) is 9.05. The van der Waals surface area contributed by atoms with Crippen LogP contribution in [-0.4, -0.2) is 36.1 Å². The molecule has 3 rings (SSSR count). The van der Waals surface area contributed by atoms with Crippen molar-refractivity contribution in [3.63, 3.8) is 0 Å². The normalized spacial score (nSPS) is 11.3. The number of carbonyl (C=O) groups excluding carboxylic acids is 2. The zero-order valence-electron chi connectivity index (χ0n) is 16.1. The number of likely N-dealkylation sites (N-methyl/N-ethyl adjacent to an activating group) is 1. The van der Waals surface area contributed by atoms with Gasteiger partial charge < -0.3 is 10.2 Å². The van der Waals surface area contributed by atoms with E-state index in [2.05, 4.69) is 5.32 Å². The highest BCUT2D eigenvalue weighted by molar-refractivity contribution is 8.00. The number of hydrogen-bond donors (Lipinski definition) is 1. The summed E-state index contributed by atoms with van der Waals surface area (Å²) in [5.41, 5.74) is -1.26. The Balaban J connectivity index is 1.55. The lowest BCUT2D eigenvalue weighted by atomic mass is 10.1. The van der Waals surface area contributed by atoms with Crippen molar-refractivity contribution in [2.24, 2.45) is 0 Å². The second-order valence-corrected chi connectivity index (χ2v) is 7.69. The number of amides is 2. The molecule has 8 heteroatoms. The summed E-state index contributed by atoms with van der Waals surface area (Å²) in [6.07, 6.45) is -4.58. The van der Waals surface area contributed by atoms with Gasteiger partial charge >= 0.3 is 6.18 Å². The number of thioether (sulfide) groups is 1. The van der Waals surface area contributed by atoms with Crippen LogP contribution in [0.5, 0.6) is 0 Å². The summed E-state index contributed by atoms with van der Waals surface area (Å²) >= 11 is 1.34. The molecule has 30 heavy (non-hydrogen) atoms. The molecule has 0 heterocycles. The molecular formula is C22H19F3N2O2S. The molecule has 156 valence electrons. The average Bonchev–Trinajstić information content (AvgIpc) is 2.71. The summed E-state index contributed by atoms with van der Waals surface area (Å²) in [6, 6.07) is 18.5. The molecule has 0 aromatic heterocycles. The molecule has 0 saturated heterocycles. The smallest absolute Gasteiger partial charge is 0.336 e. The van der Waals surface area contributed by atoms with E-state index in [1.54, 1.807) is 0 Å². The molecule has 2 amide bonds. The van der Waals surface area contributed by atoms with E-state index in [0.29, 0.717) is 0 Å². The van der Waals surface area contributed by atoms with E-state index < -0.39 is 17.6 Å². The largest absolute Gasteiger partial charge is 0.418 e. The summed E-state index contributed by atoms with van der Waals surface area (Å²) in [4.78, 5) is 26.6. The van der Waals surface area contributed by atoms with Crippen molar-refractivity contribution in [1.29, 1.82) is 0 Å². The van der Waals surface area contributed by atoms with Gasteiger partial charge in [-0.05, 0) is 35.0 Å². The number of nitrogens with zero attached hydrogens (tertiary/aromatic N) is 1. The topological polar surface area (TPSA) is 49.4 Å². The molecule has 0 atom stereocenters. The predicted octanol–water partition coefficient (Wildman–Crippen LogP) is 5.05. The van der Waals surface area contributed by atoms with Crippen LogP contribution in [0.3, 0.4) is 0 Å². The van der Waals surface area contributed by atoms with Crippen LogP contribution in [0.2, 0.25) is 0 Å². The maximum Gasteiger partial charge on any atom is 0.418 e. The third kappa shape index (κ3) is 5.54. The van der Waals surface area contributed by atoms with Gasteiger partial charge in [-0.15, -0.1) is 11.8 Å². The maximum absolute atomic E-state index is 13.0. The van der Waals surface area contributed by atoms with Gasteiger partial charge in [0.15, 0.2) is 0 Å². The van der Waals surface area contributed by atoms with E-state index in [-0.39, 0.29) is 23.9 Å². The molecule has 0 fully saturated rings. The molecule has 0 spiro atoms. The Morgan fingerprint density at radius 1 is 0.967 bits per heavy atom. The van der Waals surface area contributed by atoms with Crippen LogP contribution in [-0.2, 0) is 15.8 Å². The van der Waals surface area contributed by atoms with Crippen LogP contribution in [0.4, 0.5) is 18.9 Å². The highest BCUT2D eigenvalue weighted by Gasteiger charge is 2.33. The second-order valence-electron chi connectivity index (χ2n) is 6.64. The average molecular weight is 432 g/mol. The van der Waals surface area contributed by atoms with Gasteiger partial charge in [0.25, 0.3) is 0 Å². The van der Waals surface area contributed by atoms with Gasteiger partial charge in [-0.2, -0.15) is 13.2 Å². The SMILES string of the molecule is CN(CC(=O)Nc1ccccc1C(F)(F)F)C(=O)CSc1ccc2ccccc2c1. The summed E-state index contributed by atoms with van der Waals surface area (Å²) in [6.45, 7) is -0.344. The van der Waals surface area contributed by atoms with Crippen molar-refractivity contribution in [3.8, 4) is 0 Å². The standard InChI is InChI=1S/C22H19F3N2O2S/c1-27(13-20(28)26-19-9-5-4-8-18(19)22(23,24)25)21(29)14-30-17-11-10-15-6-2-3-7-16(15)12-17/h2-12H,13-14H2,1H3,(H,26,28). The Morgan fingerprint density at radius 2 is 1.63 bits per heavy atom. The fraction of sp³-hybridized carbons (Fsp3) is 0.182. The van der Waals surface area contributed by atoms with E-state index in [1.807, 2.05) is 42.5 Å². The highest BCUT2D eigenvalue weighted by atomic mass is 32.2. The van der Waals surface area contributed by atoms with Crippen LogP contribution < -0.4 is 5.32 Å². The first-order chi connectivity index (χ1) is 14.2. The van der Waals surface area contributed by atoms with Gasteiger partial charge in [-0.3, -0.25) is 9.59 Å². The number of para-hydroxylation sites is 1. The summed E-state index contributed by atoms with van der Waals surface area (Å²) in [5, 5.41) is 4.40. The lowest BCUT2D eigenvalue weighted by Gasteiger charge is -2.18. The van der Waals surface area contributed by atoms with Crippen LogP contribution in [0.1, 0.15) is 5.56 Å². The van der Waals surface area contributed by atoms with Crippen LogP contribution in [0, 0.1) is 0 Å². The number of carbonyl (C=O) groups is 2. The van der Waals surface area contributed by atoms with E-state index in [9.17, 15) is 22.8 Å². The van der Waals surface area contributed by atoms with E-state index in [1.165, 1.54) is 41.9 Å². The molecule has 3 aromatic carbocycles. The van der Waals surface area contributed by atoms with Gasteiger partial charge in [0, 0.05) is 11.9 Å². The fourth-order valence-corrected chi connectivity index (χ4v) is 3.73. The first kappa shape index (κ1) is 21.7. The Kier molecular flexibility index (Phi) is 6.66. The third-order valence-electron chi connectivity index (χ3n) is 4.40. The van der Waals surface area contributed by atoms with E-state index in [0.717, 1.165) is 21.7 Å².